The second-order valence-electron chi connectivity index (χ2n) is 5.10. The van der Waals surface area contributed by atoms with Gasteiger partial charge in [-0.25, -0.2) is 0 Å². The molecule has 21 heavy (non-hydrogen) atoms. The normalized spacial score (nSPS) is 16.7. The Morgan fingerprint density at radius 1 is 1.33 bits per heavy atom. The first kappa shape index (κ1) is 17.8. The summed E-state index contributed by atoms with van der Waals surface area (Å²) in [6.45, 7) is 3.82. The van der Waals surface area contributed by atoms with Crippen LogP contribution in [0.3, 0.4) is 0 Å². The summed E-state index contributed by atoms with van der Waals surface area (Å²) in [6, 6.07) is 7.34. The van der Waals surface area contributed by atoms with Crippen molar-refractivity contribution in [3.8, 4) is 5.75 Å². The average molecular weight is 315 g/mol. The molecule has 0 bridgehead atoms. The van der Waals surface area contributed by atoms with E-state index in [2.05, 4.69) is 12.2 Å². The van der Waals surface area contributed by atoms with Crippen LogP contribution in [0.2, 0.25) is 0 Å². The summed E-state index contributed by atoms with van der Waals surface area (Å²) in [7, 11) is 0. The molecule has 1 aromatic carbocycles. The standard InChI is InChI=1S/C15H22N2O3.ClH/c1-2-9-20-13-5-3-12(4-6-13)17-14(18)15(16)7-10-19-11-8-15;/h3-6H,2,7-11,16H2,1H3,(H,17,18);1H. The molecule has 0 atom stereocenters. The molecule has 3 N–H and O–H groups in total. The zero-order chi connectivity index (χ0) is 14.4. The Morgan fingerprint density at radius 2 is 1.95 bits per heavy atom. The molecule has 2 rings (SSSR count). The number of anilines is 1. The van der Waals surface area contributed by atoms with Crippen molar-refractivity contribution < 1.29 is 14.3 Å². The number of ether oxygens (including phenoxy) is 2. The third kappa shape index (κ3) is 4.88. The van der Waals surface area contributed by atoms with Crippen LogP contribution < -0.4 is 15.8 Å². The van der Waals surface area contributed by atoms with Crippen LogP contribution in [0.1, 0.15) is 26.2 Å². The second kappa shape index (κ2) is 8.22. The fourth-order valence-corrected chi connectivity index (χ4v) is 2.07. The number of nitrogens with two attached hydrogens (primary N) is 1. The summed E-state index contributed by atoms with van der Waals surface area (Å²) < 4.78 is 10.7. The Balaban J connectivity index is 0.00000220. The van der Waals surface area contributed by atoms with Crippen molar-refractivity contribution >= 4 is 24.0 Å². The molecule has 118 valence electrons. The fraction of sp³-hybridized carbons (Fsp3) is 0.533. The van der Waals surface area contributed by atoms with Crippen LogP contribution in [0, 0.1) is 0 Å². The molecule has 1 aliphatic rings. The molecule has 6 heteroatoms. The molecule has 0 radical (unpaired) electrons. The Labute approximate surface area is 131 Å². The highest BCUT2D eigenvalue weighted by Crippen LogP contribution is 2.21. The summed E-state index contributed by atoms with van der Waals surface area (Å²) in [5.41, 5.74) is 6.04. The Kier molecular flexibility index (Phi) is 6.95. The lowest BCUT2D eigenvalue weighted by Crippen LogP contribution is -2.54. The van der Waals surface area contributed by atoms with Gasteiger partial charge in [-0.15, -0.1) is 12.4 Å². The summed E-state index contributed by atoms with van der Waals surface area (Å²) in [5.74, 6) is 0.654. The van der Waals surface area contributed by atoms with Gasteiger partial charge in [-0.2, -0.15) is 0 Å². The van der Waals surface area contributed by atoms with Gasteiger partial charge in [0.05, 0.1) is 6.61 Å². The van der Waals surface area contributed by atoms with E-state index in [9.17, 15) is 4.79 Å². The third-order valence-corrected chi connectivity index (χ3v) is 3.42. The van der Waals surface area contributed by atoms with Crippen LogP contribution in [-0.2, 0) is 9.53 Å². The zero-order valence-corrected chi connectivity index (χ0v) is 13.1. The number of halogens is 1. The number of hydrogen-bond acceptors (Lipinski definition) is 4. The Hall–Kier alpha value is -1.30. The number of benzene rings is 1. The zero-order valence-electron chi connectivity index (χ0n) is 12.3. The van der Waals surface area contributed by atoms with Crippen molar-refractivity contribution in [1.29, 1.82) is 0 Å². The summed E-state index contributed by atoms with van der Waals surface area (Å²) in [6.07, 6.45) is 2.07. The van der Waals surface area contributed by atoms with Gasteiger partial charge in [0.15, 0.2) is 0 Å². The molecule has 0 aromatic heterocycles. The van der Waals surface area contributed by atoms with Gasteiger partial charge in [-0.05, 0) is 43.5 Å². The molecule has 0 unspecified atom stereocenters. The van der Waals surface area contributed by atoms with Gasteiger partial charge in [0.2, 0.25) is 5.91 Å². The maximum atomic E-state index is 12.2. The molecular formula is C15H23ClN2O3. The second-order valence-corrected chi connectivity index (χ2v) is 5.10. The smallest absolute Gasteiger partial charge is 0.244 e. The Morgan fingerprint density at radius 3 is 2.52 bits per heavy atom. The monoisotopic (exact) mass is 314 g/mol. The molecule has 1 fully saturated rings. The van der Waals surface area contributed by atoms with E-state index in [-0.39, 0.29) is 18.3 Å². The van der Waals surface area contributed by atoms with Crippen LogP contribution in [-0.4, -0.2) is 31.3 Å². The largest absolute Gasteiger partial charge is 0.494 e. The highest BCUT2D eigenvalue weighted by Gasteiger charge is 2.35. The number of nitrogens with one attached hydrogen (secondary N) is 1. The highest BCUT2D eigenvalue weighted by molar-refractivity contribution is 5.98. The molecule has 1 aliphatic heterocycles. The summed E-state index contributed by atoms with van der Waals surface area (Å²) in [4.78, 5) is 12.2. The number of rotatable bonds is 5. The van der Waals surface area contributed by atoms with E-state index >= 15 is 0 Å². The first-order chi connectivity index (χ1) is 9.64. The van der Waals surface area contributed by atoms with E-state index in [1.54, 1.807) is 0 Å². The topological polar surface area (TPSA) is 73.6 Å². The lowest BCUT2D eigenvalue weighted by molar-refractivity contribution is -0.124. The van der Waals surface area contributed by atoms with Crippen LogP contribution in [0.5, 0.6) is 5.75 Å². The van der Waals surface area contributed by atoms with Crippen molar-refractivity contribution in [1.82, 2.24) is 0 Å². The van der Waals surface area contributed by atoms with Crippen molar-refractivity contribution in [2.24, 2.45) is 5.73 Å². The number of carbonyl (C=O) groups excluding carboxylic acids is 1. The quantitative estimate of drug-likeness (QED) is 0.875. The highest BCUT2D eigenvalue weighted by atomic mass is 35.5. The molecule has 0 aliphatic carbocycles. The minimum Gasteiger partial charge on any atom is -0.494 e. The predicted molar refractivity (Wildman–Crippen MR) is 85.1 cm³/mol. The summed E-state index contributed by atoms with van der Waals surface area (Å²) in [5, 5.41) is 2.86. The molecule has 1 aromatic rings. The van der Waals surface area contributed by atoms with Crippen LogP contribution in [0.15, 0.2) is 24.3 Å². The average Bonchev–Trinajstić information content (AvgIpc) is 2.47. The lowest BCUT2D eigenvalue weighted by atomic mass is 9.90. The van der Waals surface area contributed by atoms with E-state index in [1.807, 2.05) is 24.3 Å². The molecule has 1 amide bonds. The van der Waals surface area contributed by atoms with E-state index in [0.717, 1.165) is 17.9 Å². The van der Waals surface area contributed by atoms with Gasteiger partial charge in [0.25, 0.3) is 0 Å². The molecule has 0 spiro atoms. The van der Waals surface area contributed by atoms with Crippen LogP contribution >= 0.6 is 12.4 Å². The van der Waals surface area contributed by atoms with E-state index in [1.165, 1.54) is 0 Å². The Bertz CT molecular complexity index is 445. The van der Waals surface area contributed by atoms with E-state index < -0.39 is 5.54 Å². The van der Waals surface area contributed by atoms with Crippen molar-refractivity contribution in [3.63, 3.8) is 0 Å². The maximum absolute atomic E-state index is 12.2. The molecule has 1 heterocycles. The molecule has 5 nitrogen and oxygen atoms in total. The van der Waals surface area contributed by atoms with Crippen molar-refractivity contribution in [3.05, 3.63) is 24.3 Å². The predicted octanol–water partition coefficient (Wildman–Crippen LogP) is 2.34. The summed E-state index contributed by atoms with van der Waals surface area (Å²) >= 11 is 0. The van der Waals surface area contributed by atoms with Gasteiger partial charge in [0.1, 0.15) is 11.3 Å². The van der Waals surface area contributed by atoms with E-state index in [4.69, 9.17) is 15.2 Å². The minimum absolute atomic E-state index is 0. The number of carbonyl (C=O) groups is 1. The van der Waals surface area contributed by atoms with Gasteiger partial charge < -0.3 is 20.5 Å². The van der Waals surface area contributed by atoms with Crippen LogP contribution in [0.25, 0.3) is 0 Å². The molecule has 1 saturated heterocycles. The lowest BCUT2D eigenvalue weighted by Gasteiger charge is -2.31. The first-order valence-corrected chi connectivity index (χ1v) is 7.05. The van der Waals surface area contributed by atoms with Gasteiger partial charge >= 0.3 is 0 Å². The van der Waals surface area contributed by atoms with Gasteiger partial charge in [0, 0.05) is 18.9 Å². The van der Waals surface area contributed by atoms with Crippen molar-refractivity contribution in [2.45, 2.75) is 31.7 Å². The first-order valence-electron chi connectivity index (χ1n) is 7.05. The number of hydrogen-bond donors (Lipinski definition) is 2. The molecule has 0 saturated carbocycles. The van der Waals surface area contributed by atoms with Gasteiger partial charge in [-0.3, -0.25) is 4.79 Å². The number of amides is 1. The van der Waals surface area contributed by atoms with Crippen molar-refractivity contribution in [2.75, 3.05) is 25.1 Å². The van der Waals surface area contributed by atoms with E-state index in [0.29, 0.717) is 32.7 Å². The third-order valence-electron chi connectivity index (χ3n) is 3.42. The van der Waals surface area contributed by atoms with Gasteiger partial charge in [-0.1, -0.05) is 6.92 Å². The van der Waals surface area contributed by atoms with Crippen LogP contribution in [0.4, 0.5) is 5.69 Å². The minimum atomic E-state index is -0.824. The maximum Gasteiger partial charge on any atom is 0.244 e. The molecular weight excluding hydrogens is 292 g/mol. The SMILES string of the molecule is CCCOc1ccc(NC(=O)C2(N)CCOCC2)cc1.Cl. The fourth-order valence-electron chi connectivity index (χ4n) is 2.07.